The molecule has 9 heteroatoms. The van der Waals surface area contributed by atoms with Crippen LogP contribution in [0.5, 0.6) is 5.75 Å². The molecule has 0 aromatic heterocycles. The lowest BCUT2D eigenvalue weighted by Gasteiger charge is -2.43. The zero-order valence-corrected chi connectivity index (χ0v) is 18.2. The van der Waals surface area contributed by atoms with Crippen LogP contribution in [0.4, 0.5) is 17.6 Å². The van der Waals surface area contributed by atoms with Crippen LogP contribution in [-0.2, 0) is 10.2 Å². The molecule has 1 aliphatic rings. The van der Waals surface area contributed by atoms with Gasteiger partial charge in [0.15, 0.2) is 5.60 Å². The second-order valence-corrected chi connectivity index (χ2v) is 8.39. The number of morpholine rings is 1. The normalized spacial score (nSPS) is 23.2. The van der Waals surface area contributed by atoms with Gasteiger partial charge in [-0.05, 0) is 43.9 Å². The third-order valence-corrected chi connectivity index (χ3v) is 5.13. The number of benzene rings is 1. The minimum Gasteiger partial charge on any atom is -0.496 e. The summed E-state index contributed by atoms with van der Waals surface area (Å²) < 4.78 is 66.4. The van der Waals surface area contributed by atoms with E-state index in [2.05, 4.69) is 0 Å². The van der Waals surface area contributed by atoms with E-state index in [9.17, 15) is 22.7 Å². The Kier molecular flexibility index (Phi) is 8.38. The molecule has 3 atom stereocenters. The molecule has 1 aromatic rings. The molecule has 1 fully saturated rings. The molecule has 1 N–H and O–H groups in total. The average molecular weight is 444 g/mol. The molecule has 1 aliphatic heterocycles. The highest BCUT2D eigenvalue weighted by Gasteiger charge is 2.57. The fourth-order valence-electron chi connectivity index (χ4n) is 4.06. The van der Waals surface area contributed by atoms with E-state index in [4.69, 9.17) is 9.47 Å². The van der Waals surface area contributed by atoms with E-state index in [1.807, 2.05) is 0 Å². The minimum atomic E-state index is -4.85. The van der Waals surface area contributed by atoms with Gasteiger partial charge in [-0.1, -0.05) is 13.8 Å². The summed E-state index contributed by atoms with van der Waals surface area (Å²) in [6, 6.07) is 3.73. The first kappa shape index (κ1) is 25.9. The van der Waals surface area contributed by atoms with Crippen molar-refractivity contribution < 1.29 is 32.1 Å². The van der Waals surface area contributed by atoms with Crippen LogP contribution in [-0.4, -0.2) is 60.7 Å². The van der Waals surface area contributed by atoms with Crippen molar-refractivity contribution in [3.05, 3.63) is 29.6 Å². The van der Waals surface area contributed by atoms with Crippen LogP contribution in [0.3, 0.4) is 0 Å². The molecule has 0 bridgehead atoms. The molecule has 0 amide bonds. The van der Waals surface area contributed by atoms with E-state index in [0.29, 0.717) is 13.1 Å². The lowest BCUT2D eigenvalue weighted by atomic mass is 9.74. The molecule has 29 heavy (non-hydrogen) atoms. The number of hydrogen-bond acceptors (Lipinski definition) is 4. The molecule has 0 saturated carbocycles. The van der Waals surface area contributed by atoms with Crippen LogP contribution in [0.25, 0.3) is 0 Å². The number of nitrogens with zero attached hydrogens (tertiary/aromatic N) is 1. The number of β-amino-alcohol motifs (C(OH)–C–C–N with tert-alkyl or cyclic N) is 1. The fourth-order valence-corrected chi connectivity index (χ4v) is 4.06. The summed E-state index contributed by atoms with van der Waals surface area (Å²) >= 11 is 0. The Morgan fingerprint density at radius 2 is 1.72 bits per heavy atom. The highest BCUT2D eigenvalue weighted by atomic mass is 35.5. The summed E-state index contributed by atoms with van der Waals surface area (Å²) in [6.07, 6.45) is -5.94. The van der Waals surface area contributed by atoms with Crippen molar-refractivity contribution in [2.24, 2.45) is 0 Å². The minimum absolute atomic E-state index is 0. The largest absolute Gasteiger partial charge is 0.496 e. The van der Waals surface area contributed by atoms with Gasteiger partial charge in [0.05, 0.1) is 19.3 Å². The maximum absolute atomic E-state index is 13.9. The molecule has 0 spiro atoms. The van der Waals surface area contributed by atoms with Crippen LogP contribution in [0.15, 0.2) is 18.2 Å². The van der Waals surface area contributed by atoms with Crippen LogP contribution in [0.2, 0.25) is 0 Å². The van der Waals surface area contributed by atoms with Gasteiger partial charge in [0.2, 0.25) is 0 Å². The number of ether oxygens (including phenoxy) is 2. The number of alkyl halides is 3. The molecule has 1 unspecified atom stereocenters. The third kappa shape index (κ3) is 6.20. The van der Waals surface area contributed by atoms with E-state index in [1.165, 1.54) is 19.2 Å². The van der Waals surface area contributed by atoms with Crippen molar-refractivity contribution in [1.29, 1.82) is 0 Å². The van der Waals surface area contributed by atoms with Crippen LogP contribution >= 0.6 is 12.4 Å². The molecule has 2 rings (SSSR count). The lowest BCUT2D eigenvalue weighted by Crippen LogP contribution is -2.59. The molecule has 0 radical (unpaired) electrons. The zero-order valence-electron chi connectivity index (χ0n) is 17.3. The van der Waals surface area contributed by atoms with Gasteiger partial charge in [0.1, 0.15) is 11.6 Å². The molecule has 168 valence electrons. The molecule has 1 saturated heterocycles. The summed E-state index contributed by atoms with van der Waals surface area (Å²) in [5.74, 6) is -0.292. The maximum Gasteiger partial charge on any atom is 0.418 e. The zero-order chi connectivity index (χ0) is 21.3. The van der Waals surface area contributed by atoms with Gasteiger partial charge in [0.25, 0.3) is 0 Å². The first-order valence-electron chi connectivity index (χ1n) is 9.28. The Labute approximate surface area is 175 Å². The van der Waals surface area contributed by atoms with Gasteiger partial charge >= 0.3 is 6.18 Å². The smallest absolute Gasteiger partial charge is 0.418 e. The van der Waals surface area contributed by atoms with Crippen molar-refractivity contribution in [2.45, 2.75) is 63.5 Å². The molecule has 1 aromatic carbocycles. The van der Waals surface area contributed by atoms with E-state index in [-0.39, 0.29) is 35.9 Å². The molecule has 0 aliphatic carbocycles. The van der Waals surface area contributed by atoms with Gasteiger partial charge in [-0.2, -0.15) is 13.2 Å². The predicted molar refractivity (Wildman–Crippen MR) is 105 cm³/mol. The quantitative estimate of drug-likeness (QED) is 0.665. The van der Waals surface area contributed by atoms with E-state index < -0.39 is 36.0 Å². The Morgan fingerprint density at radius 3 is 2.21 bits per heavy atom. The summed E-state index contributed by atoms with van der Waals surface area (Å²) in [7, 11) is 1.37. The van der Waals surface area contributed by atoms with Crippen molar-refractivity contribution in [3.8, 4) is 5.75 Å². The van der Waals surface area contributed by atoms with Gasteiger partial charge in [-0.15, -0.1) is 12.4 Å². The topological polar surface area (TPSA) is 41.9 Å². The standard InChI is InChI=1S/C20H29F4NO3.ClH/c1-13-9-25(10-14(2)28-13)12-19(26,20(22,23)24)11-18(3,4)16-8-15(21)6-7-17(16)27-5;/h6-8,13-14,26H,9-12H2,1-5H3;1H/t13-,14+,19?;. The Balaban J connectivity index is 0.00000420. The van der Waals surface area contributed by atoms with Gasteiger partial charge in [-0.25, -0.2) is 4.39 Å². The number of aliphatic hydroxyl groups is 1. The first-order chi connectivity index (χ1) is 12.8. The van der Waals surface area contributed by atoms with Gasteiger partial charge < -0.3 is 14.6 Å². The van der Waals surface area contributed by atoms with E-state index in [0.717, 1.165) is 6.07 Å². The van der Waals surface area contributed by atoms with Crippen molar-refractivity contribution in [3.63, 3.8) is 0 Å². The maximum atomic E-state index is 13.9. The molecule has 1 heterocycles. The highest BCUT2D eigenvalue weighted by Crippen LogP contribution is 2.44. The Bertz CT molecular complexity index is 676. The number of rotatable bonds is 6. The van der Waals surface area contributed by atoms with Crippen LogP contribution in [0, 0.1) is 5.82 Å². The summed E-state index contributed by atoms with van der Waals surface area (Å²) in [4.78, 5) is 1.57. The summed E-state index contributed by atoms with van der Waals surface area (Å²) in [5, 5.41) is 10.8. The molecular formula is C20H30ClF4NO3. The van der Waals surface area contributed by atoms with E-state index in [1.54, 1.807) is 32.6 Å². The summed E-state index contributed by atoms with van der Waals surface area (Å²) in [6.45, 7) is 6.69. The number of halogens is 5. The Morgan fingerprint density at radius 1 is 1.17 bits per heavy atom. The van der Waals surface area contributed by atoms with Gasteiger partial charge in [-0.3, -0.25) is 4.90 Å². The molecule has 4 nitrogen and oxygen atoms in total. The second kappa shape index (κ2) is 9.37. The third-order valence-electron chi connectivity index (χ3n) is 5.13. The first-order valence-corrected chi connectivity index (χ1v) is 9.28. The predicted octanol–water partition coefficient (Wildman–Crippen LogP) is 4.33. The second-order valence-electron chi connectivity index (χ2n) is 8.39. The Hall–Kier alpha value is -1.09. The number of methoxy groups -OCH3 is 1. The summed E-state index contributed by atoms with van der Waals surface area (Å²) in [5.41, 5.74) is -3.88. The van der Waals surface area contributed by atoms with Crippen molar-refractivity contribution >= 4 is 12.4 Å². The monoisotopic (exact) mass is 443 g/mol. The van der Waals surface area contributed by atoms with Crippen LogP contribution < -0.4 is 4.74 Å². The van der Waals surface area contributed by atoms with Crippen molar-refractivity contribution in [1.82, 2.24) is 4.90 Å². The fraction of sp³-hybridized carbons (Fsp3) is 0.700. The highest BCUT2D eigenvalue weighted by molar-refractivity contribution is 5.85. The average Bonchev–Trinajstić information content (AvgIpc) is 2.52. The van der Waals surface area contributed by atoms with Crippen LogP contribution in [0.1, 0.15) is 39.7 Å². The number of hydrogen-bond donors (Lipinski definition) is 1. The van der Waals surface area contributed by atoms with Crippen molar-refractivity contribution in [2.75, 3.05) is 26.7 Å². The molecular weight excluding hydrogens is 414 g/mol. The van der Waals surface area contributed by atoms with E-state index >= 15 is 0 Å². The lowest BCUT2D eigenvalue weighted by molar-refractivity contribution is -0.274. The van der Waals surface area contributed by atoms with Gasteiger partial charge in [0, 0.05) is 25.2 Å². The SMILES string of the molecule is COc1ccc(F)cc1C(C)(C)CC(O)(CN1C[C@@H](C)O[C@@H](C)C1)C(F)(F)F.Cl.